The molecule has 0 aromatic carbocycles. The van der Waals surface area contributed by atoms with Gasteiger partial charge in [-0.2, -0.15) is 0 Å². The zero-order valence-corrected chi connectivity index (χ0v) is 11.2. The Morgan fingerprint density at radius 2 is 1.69 bits per heavy atom. The van der Waals surface area contributed by atoms with Crippen molar-refractivity contribution in [1.82, 2.24) is 4.31 Å². The van der Waals surface area contributed by atoms with Crippen LogP contribution in [0.4, 0.5) is 0 Å². The van der Waals surface area contributed by atoms with Crippen LogP contribution < -0.4 is 0 Å². The van der Waals surface area contributed by atoms with Gasteiger partial charge in [-0.25, -0.2) is 12.7 Å². The van der Waals surface area contributed by atoms with Crippen LogP contribution in [-0.4, -0.2) is 31.1 Å². The van der Waals surface area contributed by atoms with E-state index in [9.17, 15) is 8.42 Å². The molecule has 1 saturated carbocycles. The van der Waals surface area contributed by atoms with Crippen LogP contribution in [0.3, 0.4) is 0 Å². The lowest BCUT2D eigenvalue weighted by atomic mass is 9.76. The number of nitrogens with zero attached hydrogens (tertiary/aromatic N) is 1. The summed E-state index contributed by atoms with van der Waals surface area (Å²) in [4.78, 5) is 0. The fourth-order valence-electron chi connectivity index (χ4n) is 3.10. The molecule has 2 aliphatic rings. The van der Waals surface area contributed by atoms with Crippen molar-refractivity contribution in [1.29, 1.82) is 0 Å². The molecule has 94 valence electrons. The molecule has 2 rings (SSSR count). The monoisotopic (exact) mass is 245 g/mol. The van der Waals surface area contributed by atoms with Crippen LogP contribution in [0, 0.1) is 11.8 Å². The third-order valence-corrected chi connectivity index (χ3v) is 6.45. The summed E-state index contributed by atoms with van der Waals surface area (Å²) >= 11 is 0. The van der Waals surface area contributed by atoms with Gasteiger partial charge in [0.05, 0.1) is 5.25 Å². The van der Waals surface area contributed by atoms with E-state index < -0.39 is 10.0 Å². The van der Waals surface area contributed by atoms with Gasteiger partial charge >= 0.3 is 0 Å². The Hall–Kier alpha value is -0.0900. The Labute approximate surface area is 99.3 Å². The SMILES string of the molecule is CC(C)S(=O)(=O)N1CCC2CCCCC2C1. The van der Waals surface area contributed by atoms with Gasteiger partial charge in [0.2, 0.25) is 10.0 Å². The minimum atomic E-state index is -3.02. The Morgan fingerprint density at radius 1 is 1.06 bits per heavy atom. The highest BCUT2D eigenvalue weighted by molar-refractivity contribution is 7.89. The molecule has 2 unspecified atom stereocenters. The zero-order valence-electron chi connectivity index (χ0n) is 10.4. The highest BCUT2D eigenvalue weighted by Crippen LogP contribution is 2.37. The minimum absolute atomic E-state index is 0.271. The molecule has 2 atom stereocenters. The maximum Gasteiger partial charge on any atom is 0.216 e. The average Bonchev–Trinajstić information content (AvgIpc) is 2.28. The van der Waals surface area contributed by atoms with E-state index in [1.54, 1.807) is 18.2 Å². The summed E-state index contributed by atoms with van der Waals surface area (Å²) in [7, 11) is -3.02. The first-order valence-electron chi connectivity index (χ1n) is 6.51. The predicted octanol–water partition coefficient (Wildman–Crippen LogP) is 2.24. The summed E-state index contributed by atoms with van der Waals surface area (Å²) in [5.74, 6) is 1.43. The standard InChI is InChI=1S/C12H23NO2S/c1-10(2)16(14,15)13-8-7-11-5-3-4-6-12(11)9-13/h10-12H,3-9H2,1-2H3. The first kappa shape index (κ1) is 12.4. The number of piperidine rings is 1. The van der Waals surface area contributed by atoms with E-state index in [-0.39, 0.29) is 5.25 Å². The van der Waals surface area contributed by atoms with Crippen molar-refractivity contribution in [3.63, 3.8) is 0 Å². The Balaban J connectivity index is 2.05. The van der Waals surface area contributed by atoms with Crippen LogP contribution in [0.2, 0.25) is 0 Å². The second-order valence-corrected chi connectivity index (χ2v) is 8.03. The van der Waals surface area contributed by atoms with E-state index in [1.807, 2.05) is 0 Å². The van der Waals surface area contributed by atoms with Crippen molar-refractivity contribution >= 4 is 10.0 Å². The molecule has 0 aromatic rings. The van der Waals surface area contributed by atoms with Crippen LogP contribution in [-0.2, 0) is 10.0 Å². The molecule has 0 aromatic heterocycles. The van der Waals surface area contributed by atoms with Gasteiger partial charge in [0.25, 0.3) is 0 Å². The van der Waals surface area contributed by atoms with Crippen molar-refractivity contribution in [3.8, 4) is 0 Å². The fraction of sp³-hybridized carbons (Fsp3) is 1.00. The first-order chi connectivity index (χ1) is 7.51. The fourth-order valence-corrected chi connectivity index (χ4v) is 4.45. The van der Waals surface area contributed by atoms with E-state index in [0.717, 1.165) is 25.4 Å². The number of rotatable bonds is 2. The van der Waals surface area contributed by atoms with Crippen LogP contribution in [0.15, 0.2) is 0 Å². The summed E-state index contributed by atoms with van der Waals surface area (Å²) in [6, 6.07) is 0. The number of hydrogen-bond donors (Lipinski definition) is 0. The van der Waals surface area contributed by atoms with Gasteiger partial charge < -0.3 is 0 Å². The minimum Gasteiger partial charge on any atom is -0.212 e. The highest BCUT2D eigenvalue weighted by atomic mass is 32.2. The summed E-state index contributed by atoms with van der Waals surface area (Å²) in [5.41, 5.74) is 0. The molecular weight excluding hydrogens is 222 g/mol. The topological polar surface area (TPSA) is 37.4 Å². The van der Waals surface area contributed by atoms with Crippen LogP contribution in [0.1, 0.15) is 46.0 Å². The normalized spacial score (nSPS) is 32.7. The molecule has 0 N–H and O–H groups in total. The van der Waals surface area contributed by atoms with Crippen LogP contribution in [0.25, 0.3) is 0 Å². The maximum atomic E-state index is 12.1. The van der Waals surface area contributed by atoms with Crippen LogP contribution >= 0.6 is 0 Å². The van der Waals surface area contributed by atoms with Crippen molar-refractivity contribution < 1.29 is 8.42 Å². The number of fused-ring (bicyclic) bond motifs is 1. The van der Waals surface area contributed by atoms with Crippen molar-refractivity contribution in [2.45, 2.75) is 51.2 Å². The van der Waals surface area contributed by atoms with E-state index in [0.29, 0.717) is 5.92 Å². The Morgan fingerprint density at radius 3 is 2.31 bits per heavy atom. The Bertz CT molecular complexity index is 337. The summed E-state index contributed by atoms with van der Waals surface area (Å²) in [5, 5.41) is -0.271. The average molecular weight is 245 g/mol. The van der Waals surface area contributed by atoms with Gasteiger partial charge in [0, 0.05) is 13.1 Å². The van der Waals surface area contributed by atoms with E-state index in [4.69, 9.17) is 0 Å². The van der Waals surface area contributed by atoms with Crippen LogP contribution in [0.5, 0.6) is 0 Å². The first-order valence-corrected chi connectivity index (χ1v) is 8.01. The molecular formula is C12H23NO2S. The highest BCUT2D eigenvalue weighted by Gasteiger charge is 2.36. The van der Waals surface area contributed by atoms with Gasteiger partial charge in [0.1, 0.15) is 0 Å². The molecule has 0 bridgehead atoms. The molecule has 2 fully saturated rings. The second-order valence-electron chi connectivity index (χ2n) is 5.55. The van der Waals surface area contributed by atoms with Gasteiger partial charge in [-0.05, 0) is 38.5 Å². The van der Waals surface area contributed by atoms with Gasteiger partial charge in [-0.3, -0.25) is 0 Å². The second kappa shape index (κ2) is 4.65. The smallest absolute Gasteiger partial charge is 0.212 e. The number of sulfonamides is 1. The van der Waals surface area contributed by atoms with Gasteiger partial charge in [-0.1, -0.05) is 19.3 Å². The molecule has 1 aliphatic heterocycles. The molecule has 3 nitrogen and oxygen atoms in total. The van der Waals surface area contributed by atoms with Gasteiger partial charge in [0.15, 0.2) is 0 Å². The maximum absolute atomic E-state index is 12.1. The Kier molecular flexibility index (Phi) is 3.59. The van der Waals surface area contributed by atoms with Crippen molar-refractivity contribution in [3.05, 3.63) is 0 Å². The van der Waals surface area contributed by atoms with Crippen molar-refractivity contribution in [2.75, 3.05) is 13.1 Å². The largest absolute Gasteiger partial charge is 0.216 e. The summed E-state index contributed by atoms with van der Waals surface area (Å²) < 4.78 is 25.9. The molecule has 1 heterocycles. The van der Waals surface area contributed by atoms with Gasteiger partial charge in [-0.15, -0.1) is 0 Å². The van der Waals surface area contributed by atoms with Crippen molar-refractivity contribution in [2.24, 2.45) is 11.8 Å². The lowest BCUT2D eigenvalue weighted by Gasteiger charge is -2.41. The lowest BCUT2D eigenvalue weighted by molar-refractivity contribution is 0.136. The summed E-state index contributed by atoms with van der Waals surface area (Å²) in [6.45, 7) is 5.09. The van der Waals surface area contributed by atoms with E-state index in [2.05, 4.69) is 0 Å². The molecule has 0 amide bonds. The molecule has 4 heteroatoms. The third kappa shape index (κ3) is 2.28. The lowest BCUT2D eigenvalue weighted by Crippen LogP contribution is -2.46. The van der Waals surface area contributed by atoms with E-state index in [1.165, 1.54) is 25.7 Å². The zero-order chi connectivity index (χ0) is 11.8. The molecule has 1 saturated heterocycles. The molecule has 0 radical (unpaired) electrons. The predicted molar refractivity (Wildman–Crippen MR) is 65.7 cm³/mol. The quantitative estimate of drug-likeness (QED) is 0.748. The third-order valence-electron chi connectivity index (χ3n) is 4.21. The van der Waals surface area contributed by atoms with E-state index >= 15 is 0 Å². The molecule has 16 heavy (non-hydrogen) atoms. The molecule has 1 aliphatic carbocycles. The number of hydrogen-bond acceptors (Lipinski definition) is 2. The molecule has 0 spiro atoms. The summed E-state index contributed by atoms with van der Waals surface area (Å²) in [6.07, 6.45) is 6.26.